The number of sulfone groups is 1. The summed E-state index contributed by atoms with van der Waals surface area (Å²) in [6.45, 7) is 2.63. The number of anilines is 1. The van der Waals surface area contributed by atoms with Gasteiger partial charge in [0.1, 0.15) is 0 Å². The number of carbonyl (C=O) groups excluding carboxylic acids is 2. The summed E-state index contributed by atoms with van der Waals surface area (Å²) < 4.78 is 30.7. The molecule has 1 aromatic heterocycles. The lowest BCUT2D eigenvalue weighted by Crippen LogP contribution is -2.39. The molecule has 35 heavy (non-hydrogen) atoms. The molecule has 1 aliphatic rings. The average molecular weight is 496 g/mol. The zero-order valence-corrected chi connectivity index (χ0v) is 20.2. The second kappa shape index (κ2) is 10.9. The summed E-state index contributed by atoms with van der Waals surface area (Å²) in [6, 6.07) is 17.2. The third-order valence-corrected chi connectivity index (χ3v) is 8.00. The number of hydrogen-bond acceptors (Lipinski definition) is 6. The van der Waals surface area contributed by atoms with Gasteiger partial charge in [-0.15, -0.1) is 0 Å². The number of likely N-dealkylation sites (tertiary alicyclic amines) is 1. The number of piperidine rings is 1. The molecule has 0 aliphatic carbocycles. The molecule has 184 valence electrons. The average Bonchev–Trinajstić information content (AvgIpc) is 3.32. The normalized spacial score (nSPS) is 15.1. The van der Waals surface area contributed by atoms with Gasteiger partial charge in [-0.2, -0.15) is 0 Å². The smallest absolute Gasteiger partial charge is 0.291 e. The standard InChI is InChI=1S/C26H29N3O5S/c27-25(30)20-11-15-29(16-12-20)14-10-19-6-8-22(9-7-19)28-26(31)24-21(13-17-34-24)18-35(32,33)23-4-2-1-3-5-23/h1-9,13,17,20H,10-12,14-16,18H2,(H2,27,30)(H,28,31). The van der Waals surface area contributed by atoms with Crippen LogP contribution in [0.15, 0.2) is 76.2 Å². The topological polar surface area (TPSA) is 123 Å². The zero-order valence-electron chi connectivity index (χ0n) is 19.4. The number of nitrogens with two attached hydrogens (primary N) is 1. The van der Waals surface area contributed by atoms with Crippen molar-refractivity contribution in [2.45, 2.75) is 29.9 Å². The molecule has 0 spiro atoms. The molecule has 0 atom stereocenters. The van der Waals surface area contributed by atoms with Gasteiger partial charge in [-0.25, -0.2) is 8.42 Å². The van der Waals surface area contributed by atoms with Gasteiger partial charge in [-0.05, 0) is 68.2 Å². The van der Waals surface area contributed by atoms with E-state index >= 15 is 0 Å². The molecule has 1 aliphatic heterocycles. The molecule has 1 fully saturated rings. The van der Waals surface area contributed by atoms with Crippen LogP contribution in [0.3, 0.4) is 0 Å². The van der Waals surface area contributed by atoms with Crippen LogP contribution in [0.5, 0.6) is 0 Å². The number of hydrogen-bond donors (Lipinski definition) is 2. The minimum atomic E-state index is -3.61. The van der Waals surface area contributed by atoms with Gasteiger partial charge in [-0.1, -0.05) is 30.3 Å². The van der Waals surface area contributed by atoms with E-state index in [1.807, 2.05) is 24.3 Å². The number of benzene rings is 2. The highest BCUT2D eigenvalue weighted by molar-refractivity contribution is 7.90. The lowest BCUT2D eigenvalue weighted by atomic mass is 9.96. The van der Waals surface area contributed by atoms with Crippen LogP contribution in [-0.4, -0.2) is 44.8 Å². The van der Waals surface area contributed by atoms with Crippen LogP contribution in [-0.2, 0) is 26.8 Å². The molecular formula is C26H29N3O5S. The van der Waals surface area contributed by atoms with E-state index in [4.69, 9.17) is 10.2 Å². The monoisotopic (exact) mass is 495 g/mol. The van der Waals surface area contributed by atoms with Crippen molar-refractivity contribution in [3.63, 3.8) is 0 Å². The molecule has 0 radical (unpaired) electrons. The fraction of sp³-hybridized carbons (Fsp3) is 0.308. The first-order valence-corrected chi connectivity index (χ1v) is 13.2. The highest BCUT2D eigenvalue weighted by atomic mass is 32.2. The van der Waals surface area contributed by atoms with Crippen molar-refractivity contribution < 1.29 is 22.4 Å². The van der Waals surface area contributed by atoms with E-state index in [9.17, 15) is 18.0 Å². The highest BCUT2D eigenvalue weighted by Gasteiger charge is 2.24. The van der Waals surface area contributed by atoms with Crippen molar-refractivity contribution in [1.29, 1.82) is 0 Å². The Morgan fingerprint density at radius 1 is 1.00 bits per heavy atom. The fourth-order valence-corrected chi connectivity index (χ4v) is 5.61. The van der Waals surface area contributed by atoms with Gasteiger partial charge in [0.2, 0.25) is 5.91 Å². The third-order valence-electron chi connectivity index (χ3n) is 6.32. The van der Waals surface area contributed by atoms with Gasteiger partial charge < -0.3 is 20.4 Å². The Morgan fingerprint density at radius 2 is 1.69 bits per heavy atom. The number of furan rings is 1. The van der Waals surface area contributed by atoms with Crippen LogP contribution in [0.25, 0.3) is 0 Å². The number of nitrogens with one attached hydrogen (secondary N) is 1. The molecule has 4 rings (SSSR count). The third kappa shape index (κ3) is 6.37. The minimum absolute atomic E-state index is 0.0118. The van der Waals surface area contributed by atoms with E-state index in [2.05, 4.69) is 10.2 Å². The van der Waals surface area contributed by atoms with Crippen LogP contribution < -0.4 is 11.1 Å². The number of primary amides is 1. The lowest BCUT2D eigenvalue weighted by molar-refractivity contribution is -0.123. The second-order valence-corrected chi connectivity index (χ2v) is 10.8. The van der Waals surface area contributed by atoms with Crippen LogP contribution >= 0.6 is 0 Å². The lowest BCUT2D eigenvalue weighted by Gasteiger charge is -2.30. The van der Waals surface area contributed by atoms with Crippen molar-refractivity contribution in [1.82, 2.24) is 4.90 Å². The van der Waals surface area contributed by atoms with Crippen molar-refractivity contribution in [3.8, 4) is 0 Å². The molecular weight excluding hydrogens is 466 g/mol. The zero-order chi connectivity index (χ0) is 24.8. The molecule has 0 unspecified atom stereocenters. The number of rotatable bonds is 9. The molecule has 0 bridgehead atoms. The quantitative estimate of drug-likeness (QED) is 0.470. The Bertz CT molecular complexity index is 1260. The van der Waals surface area contributed by atoms with Crippen LogP contribution in [0, 0.1) is 5.92 Å². The summed E-state index contributed by atoms with van der Waals surface area (Å²) in [7, 11) is -3.61. The van der Waals surface area contributed by atoms with Gasteiger partial charge in [0, 0.05) is 23.7 Å². The molecule has 1 saturated heterocycles. The maximum absolute atomic E-state index is 12.8. The van der Waals surface area contributed by atoms with Gasteiger partial charge in [0.25, 0.3) is 5.91 Å². The van der Waals surface area contributed by atoms with Crippen molar-refractivity contribution in [2.24, 2.45) is 11.7 Å². The second-order valence-electron chi connectivity index (χ2n) is 8.77. The highest BCUT2D eigenvalue weighted by Crippen LogP contribution is 2.22. The number of amides is 2. The fourth-order valence-electron chi connectivity index (χ4n) is 4.24. The SMILES string of the molecule is NC(=O)C1CCN(CCc2ccc(NC(=O)c3occc3CS(=O)(=O)c3ccccc3)cc2)CC1. The maximum Gasteiger partial charge on any atom is 0.291 e. The molecule has 9 heteroatoms. The van der Waals surface area contributed by atoms with Crippen LogP contribution in [0.4, 0.5) is 5.69 Å². The Labute approximate surface area is 205 Å². The Kier molecular flexibility index (Phi) is 7.67. The molecule has 2 heterocycles. The summed E-state index contributed by atoms with van der Waals surface area (Å²) in [4.78, 5) is 26.6. The van der Waals surface area contributed by atoms with E-state index in [0.717, 1.165) is 44.5 Å². The summed E-state index contributed by atoms with van der Waals surface area (Å²) in [5.74, 6) is -1.07. The minimum Gasteiger partial charge on any atom is -0.459 e. The molecule has 3 aromatic rings. The van der Waals surface area contributed by atoms with Crippen molar-refractivity contribution >= 4 is 27.3 Å². The first-order chi connectivity index (χ1) is 16.8. The molecule has 3 N–H and O–H groups in total. The summed E-state index contributed by atoms with van der Waals surface area (Å²) in [5.41, 5.74) is 7.43. The van der Waals surface area contributed by atoms with Crippen molar-refractivity contribution in [3.05, 3.63) is 83.8 Å². The van der Waals surface area contributed by atoms with Gasteiger partial charge in [0.15, 0.2) is 15.6 Å². The molecule has 0 saturated carbocycles. The van der Waals surface area contributed by atoms with Gasteiger partial charge in [0.05, 0.1) is 16.9 Å². The van der Waals surface area contributed by atoms with E-state index in [0.29, 0.717) is 11.3 Å². The molecule has 2 amide bonds. The predicted octanol–water partition coefficient (Wildman–Crippen LogP) is 3.25. The Morgan fingerprint density at radius 3 is 2.34 bits per heavy atom. The number of carbonyl (C=O) groups is 2. The summed E-state index contributed by atoms with van der Waals surface area (Å²) >= 11 is 0. The first-order valence-electron chi connectivity index (χ1n) is 11.6. The molecule has 8 nitrogen and oxygen atoms in total. The van der Waals surface area contributed by atoms with Gasteiger partial charge in [-0.3, -0.25) is 9.59 Å². The predicted molar refractivity (Wildman–Crippen MR) is 132 cm³/mol. The van der Waals surface area contributed by atoms with E-state index < -0.39 is 15.7 Å². The van der Waals surface area contributed by atoms with Crippen molar-refractivity contribution in [2.75, 3.05) is 25.0 Å². The Balaban J connectivity index is 1.32. The molecule has 2 aromatic carbocycles. The van der Waals surface area contributed by atoms with Crippen LogP contribution in [0.1, 0.15) is 34.5 Å². The largest absolute Gasteiger partial charge is 0.459 e. The van der Waals surface area contributed by atoms with Gasteiger partial charge >= 0.3 is 0 Å². The van der Waals surface area contributed by atoms with E-state index in [1.54, 1.807) is 18.2 Å². The summed E-state index contributed by atoms with van der Waals surface area (Å²) in [5, 5.41) is 2.78. The maximum atomic E-state index is 12.8. The number of nitrogens with zero attached hydrogens (tertiary/aromatic N) is 1. The first kappa shape index (κ1) is 24.7. The Hall–Kier alpha value is -3.43. The summed E-state index contributed by atoms with van der Waals surface area (Å²) in [6.07, 6.45) is 3.79. The van der Waals surface area contributed by atoms with E-state index in [-0.39, 0.29) is 28.2 Å². The van der Waals surface area contributed by atoms with Crippen LogP contribution in [0.2, 0.25) is 0 Å². The van der Waals surface area contributed by atoms with E-state index in [1.165, 1.54) is 24.5 Å².